The second kappa shape index (κ2) is 4.94. The average molecular weight is 242 g/mol. The van der Waals surface area contributed by atoms with Gasteiger partial charge in [0.2, 0.25) is 0 Å². The number of aliphatic carboxylic acids is 1. The minimum atomic E-state index is -0.826. The number of carboxylic acids is 1. The fourth-order valence-corrected chi connectivity index (χ4v) is 2.14. The van der Waals surface area contributed by atoms with E-state index in [0.717, 1.165) is 12.8 Å². The van der Waals surface area contributed by atoms with Crippen molar-refractivity contribution < 1.29 is 14.7 Å². The minimum Gasteiger partial charge on any atom is -0.481 e. The van der Waals surface area contributed by atoms with Crippen molar-refractivity contribution in [2.24, 2.45) is 5.41 Å². The monoisotopic (exact) mass is 242 g/mol. The molecule has 0 spiro atoms. The first kappa shape index (κ1) is 13.8. The highest BCUT2D eigenvalue weighted by atomic mass is 16.4. The van der Waals surface area contributed by atoms with Crippen LogP contribution in [0.2, 0.25) is 0 Å². The Morgan fingerprint density at radius 3 is 2.53 bits per heavy atom. The number of hydrogen-bond donors (Lipinski definition) is 2. The Balaban J connectivity index is 2.69. The fourth-order valence-electron chi connectivity index (χ4n) is 2.14. The SMILES string of the molecule is CC(C)N(C)C(=O)NC1CCCC1(C)C(=O)O. The third-order valence-corrected chi connectivity index (χ3v) is 3.84. The zero-order valence-corrected chi connectivity index (χ0v) is 11.0. The molecule has 98 valence electrons. The standard InChI is InChI=1S/C12H22N2O3/c1-8(2)14(4)11(17)13-9-6-5-7-12(9,3)10(15)16/h8-9H,5-7H2,1-4H3,(H,13,17)(H,15,16). The quantitative estimate of drug-likeness (QED) is 0.791. The Labute approximate surface area is 102 Å². The lowest BCUT2D eigenvalue weighted by atomic mass is 9.85. The van der Waals surface area contributed by atoms with E-state index in [0.29, 0.717) is 6.42 Å². The molecule has 2 atom stereocenters. The van der Waals surface area contributed by atoms with Crippen LogP contribution in [0.1, 0.15) is 40.0 Å². The van der Waals surface area contributed by atoms with Crippen molar-refractivity contribution in [3.8, 4) is 0 Å². The molecule has 0 bridgehead atoms. The van der Waals surface area contributed by atoms with E-state index in [2.05, 4.69) is 5.32 Å². The number of carbonyl (C=O) groups excluding carboxylic acids is 1. The smallest absolute Gasteiger partial charge is 0.317 e. The maximum absolute atomic E-state index is 11.9. The molecule has 1 rings (SSSR count). The number of rotatable bonds is 3. The summed E-state index contributed by atoms with van der Waals surface area (Å²) in [6.45, 7) is 5.55. The third kappa shape index (κ3) is 2.70. The van der Waals surface area contributed by atoms with Gasteiger partial charge in [-0.05, 0) is 33.6 Å². The van der Waals surface area contributed by atoms with Crippen LogP contribution in [-0.2, 0) is 4.79 Å². The lowest BCUT2D eigenvalue weighted by Gasteiger charge is -2.30. The molecule has 2 N–H and O–H groups in total. The van der Waals surface area contributed by atoms with Crippen LogP contribution in [0.5, 0.6) is 0 Å². The molecule has 0 aromatic carbocycles. The van der Waals surface area contributed by atoms with Gasteiger partial charge in [0, 0.05) is 19.1 Å². The predicted molar refractivity (Wildman–Crippen MR) is 64.8 cm³/mol. The Kier molecular flexibility index (Phi) is 4.01. The van der Waals surface area contributed by atoms with Crippen LogP contribution in [-0.4, -0.2) is 41.1 Å². The zero-order valence-electron chi connectivity index (χ0n) is 11.0. The second-order valence-electron chi connectivity index (χ2n) is 5.32. The summed E-state index contributed by atoms with van der Waals surface area (Å²) in [5.41, 5.74) is -0.826. The van der Waals surface area contributed by atoms with Crippen LogP contribution < -0.4 is 5.32 Å². The highest BCUT2D eigenvalue weighted by Gasteiger charge is 2.46. The summed E-state index contributed by atoms with van der Waals surface area (Å²) in [6, 6.07) is -0.361. The molecule has 5 nitrogen and oxygen atoms in total. The second-order valence-corrected chi connectivity index (χ2v) is 5.32. The summed E-state index contributed by atoms with van der Waals surface area (Å²) in [5.74, 6) is -0.826. The topological polar surface area (TPSA) is 69.6 Å². The van der Waals surface area contributed by atoms with Crippen molar-refractivity contribution in [1.82, 2.24) is 10.2 Å². The van der Waals surface area contributed by atoms with Crippen molar-refractivity contribution in [3.63, 3.8) is 0 Å². The maximum atomic E-state index is 11.9. The largest absolute Gasteiger partial charge is 0.481 e. The number of carboxylic acid groups (broad SMARTS) is 1. The van der Waals surface area contributed by atoms with Gasteiger partial charge in [-0.1, -0.05) is 6.42 Å². The molecular weight excluding hydrogens is 220 g/mol. The van der Waals surface area contributed by atoms with Crippen molar-refractivity contribution in [3.05, 3.63) is 0 Å². The van der Waals surface area contributed by atoms with E-state index in [1.807, 2.05) is 13.8 Å². The molecular formula is C12H22N2O3. The Morgan fingerprint density at radius 2 is 2.06 bits per heavy atom. The molecule has 2 amide bonds. The molecule has 1 fully saturated rings. The van der Waals surface area contributed by atoms with E-state index in [-0.39, 0.29) is 18.1 Å². The summed E-state index contributed by atoms with van der Waals surface area (Å²) in [5, 5.41) is 12.1. The van der Waals surface area contributed by atoms with Gasteiger partial charge in [0.25, 0.3) is 0 Å². The van der Waals surface area contributed by atoms with Gasteiger partial charge in [-0.2, -0.15) is 0 Å². The Morgan fingerprint density at radius 1 is 1.47 bits per heavy atom. The molecule has 0 heterocycles. The molecule has 1 saturated carbocycles. The van der Waals surface area contributed by atoms with Gasteiger partial charge in [0.1, 0.15) is 0 Å². The van der Waals surface area contributed by atoms with Gasteiger partial charge < -0.3 is 15.3 Å². The molecule has 17 heavy (non-hydrogen) atoms. The van der Waals surface area contributed by atoms with Crippen LogP contribution in [0.3, 0.4) is 0 Å². The van der Waals surface area contributed by atoms with Crippen molar-refractivity contribution in [2.45, 2.75) is 52.1 Å². The van der Waals surface area contributed by atoms with Crippen LogP contribution in [0.25, 0.3) is 0 Å². The van der Waals surface area contributed by atoms with Gasteiger partial charge in [-0.3, -0.25) is 4.79 Å². The highest BCUT2D eigenvalue weighted by molar-refractivity contribution is 5.79. The maximum Gasteiger partial charge on any atom is 0.317 e. The minimum absolute atomic E-state index is 0.104. The summed E-state index contributed by atoms with van der Waals surface area (Å²) in [4.78, 5) is 24.7. The summed E-state index contributed by atoms with van der Waals surface area (Å²) in [6.07, 6.45) is 2.21. The first-order chi connectivity index (χ1) is 7.79. The number of urea groups is 1. The van der Waals surface area contributed by atoms with Gasteiger partial charge in [0.05, 0.1) is 5.41 Å². The van der Waals surface area contributed by atoms with E-state index in [4.69, 9.17) is 0 Å². The normalized spacial score (nSPS) is 28.2. The summed E-state index contributed by atoms with van der Waals surface area (Å²) in [7, 11) is 1.72. The van der Waals surface area contributed by atoms with Crippen molar-refractivity contribution in [1.29, 1.82) is 0 Å². The summed E-state index contributed by atoms with van der Waals surface area (Å²) >= 11 is 0. The predicted octanol–water partition coefficient (Wildman–Crippen LogP) is 1.68. The number of hydrogen-bond acceptors (Lipinski definition) is 2. The average Bonchev–Trinajstić information content (AvgIpc) is 2.60. The van der Waals surface area contributed by atoms with Crippen LogP contribution >= 0.6 is 0 Å². The molecule has 5 heteroatoms. The summed E-state index contributed by atoms with van der Waals surface area (Å²) < 4.78 is 0. The Bertz CT molecular complexity index is 317. The number of nitrogens with zero attached hydrogens (tertiary/aromatic N) is 1. The van der Waals surface area contributed by atoms with E-state index in [1.165, 1.54) is 0 Å². The molecule has 0 radical (unpaired) electrons. The third-order valence-electron chi connectivity index (χ3n) is 3.84. The molecule has 1 aliphatic rings. The number of carbonyl (C=O) groups is 2. The van der Waals surface area contributed by atoms with E-state index >= 15 is 0 Å². The van der Waals surface area contributed by atoms with E-state index in [9.17, 15) is 14.7 Å². The van der Waals surface area contributed by atoms with E-state index in [1.54, 1.807) is 18.9 Å². The van der Waals surface area contributed by atoms with Crippen LogP contribution in [0.4, 0.5) is 4.79 Å². The van der Waals surface area contributed by atoms with Crippen molar-refractivity contribution >= 4 is 12.0 Å². The fraction of sp³-hybridized carbons (Fsp3) is 0.833. The molecule has 1 aliphatic carbocycles. The highest BCUT2D eigenvalue weighted by Crippen LogP contribution is 2.38. The van der Waals surface area contributed by atoms with Gasteiger partial charge in [-0.25, -0.2) is 4.79 Å². The van der Waals surface area contributed by atoms with Gasteiger partial charge in [-0.15, -0.1) is 0 Å². The Hall–Kier alpha value is -1.26. The molecule has 0 aromatic heterocycles. The molecule has 0 aromatic rings. The van der Waals surface area contributed by atoms with Crippen LogP contribution in [0.15, 0.2) is 0 Å². The number of amides is 2. The molecule has 0 saturated heterocycles. The molecule has 2 unspecified atom stereocenters. The van der Waals surface area contributed by atoms with Gasteiger partial charge in [0.15, 0.2) is 0 Å². The number of nitrogens with one attached hydrogen (secondary N) is 1. The molecule has 0 aliphatic heterocycles. The lowest BCUT2D eigenvalue weighted by Crippen LogP contribution is -2.51. The van der Waals surface area contributed by atoms with Crippen LogP contribution in [0, 0.1) is 5.41 Å². The van der Waals surface area contributed by atoms with Crippen molar-refractivity contribution in [2.75, 3.05) is 7.05 Å². The first-order valence-electron chi connectivity index (χ1n) is 6.05. The van der Waals surface area contributed by atoms with Gasteiger partial charge >= 0.3 is 12.0 Å². The van der Waals surface area contributed by atoms with E-state index < -0.39 is 11.4 Å². The zero-order chi connectivity index (χ0) is 13.2. The lowest BCUT2D eigenvalue weighted by molar-refractivity contribution is -0.148. The first-order valence-corrected chi connectivity index (χ1v) is 6.05.